The molecule has 1 atom stereocenters. The van der Waals surface area contributed by atoms with Gasteiger partial charge in [-0.15, -0.1) is 0 Å². The van der Waals surface area contributed by atoms with Crippen molar-refractivity contribution < 1.29 is 9.53 Å². The van der Waals surface area contributed by atoms with Gasteiger partial charge in [0.15, 0.2) is 6.10 Å². The molecule has 1 unspecified atom stereocenters. The van der Waals surface area contributed by atoms with E-state index in [1.165, 1.54) is 0 Å². The second-order valence-electron chi connectivity index (χ2n) is 3.46. The number of amides is 1. The predicted molar refractivity (Wildman–Crippen MR) is 53.4 cm³/mol. The number of nitrogens with one attached hydrogen (secondary N) is 1. The molecule has 1 heterocycles. The van der Waals surface area contributed by atoms with E-state index in [-0.39, 0.29) is 12.0 Å². The third-order valence-corrected chi connectivity index (χ3v) is 2.33. The summed E-state index contributed by atoms with van der Waals surface area (Å²) in [4.78, 5) is 13.0. The van der Waals surface area contributed by atoms with E-state index < -0.39 is 0 Å². The lowest BCUT2D eigenvalue weighted by molar-refractivity contribution is -0.121. The Morgan fingerprint density at radius 2 is 2.53 bits per heavy atom. The van der Waals surface area contributed by atoms with Crippen LogP contribution in [0.1, 0.15) is 12.8 Å². The number of rotatable bonds is 4. The summed E-state index contributed by atoms with van der Waals surface area (Å²) in [6.07, 6.45) is 0.841. The molecule has 84 valence electrons. The Labute approximate surface area is 88.9 Å². The van der Waals surface area contributed by atoms with Crippen molar-refractivity contribution in [3.63, 3.8) is 0 Å². The van der Waals surface area contributed by atoms with Gasteiger partial charge in [0.25, 0.3) is 0 Å². The average Bonchev–Trinajstić information content (AvgIpc) is 2.29. The molecule has 1 aliphatic heterocycles. The second-order valence-corrected chi connectivity index (χ2v) is 3.46. The largest absolute Gasteiger partial charge is 0.361 e. The Morgan fingerprint density at radius 1 is 1.73 bits per heavy atom. The Morgan fingerprint density at radius 3 is 3.20 bits per heavy atom. The van der Waals surface area contributed by atoms with Gasteiger partial charge in [0, 0.05) is 19.5 Å². The quantitative estimate of drug-likeness (QED) is 0.353. The molecule has 0 aromatic carbocycles. The molecule has 1 amide bonds. The van der Waals surface area contributed by atoms with Crippen LogP contribution in [0.2, 0.25) is 0 Å². The lowest BCUT2D eigenvalue weighted by Gasteiger charge is -2.29. The maximum atomic E-state index is 10.8. The number of hydrogen-bond acceptors (Lipinski definition) is 5. The molecule has 0 aromatic rings. The summed E-state index contributed by atoms with van der Waals surface area (Å²) < 4.78 is 5.20. The first kappa shape index (κ1) is 11.9. The molecule has 0 bridgehead atoms. The highest BCUT2D eigenvalue weighted by Crippen LogP contribution is 2.05. The molecule has 1 fully saturated rings. The predicted octanol–water partition coefficient (Wildman–Crippen LogP) is -1.02. The van der Waals surface area contributed by atoms with Crippen LogP contribution >= 0.6 is 0 Å². The normalized spacial score (nSPS) is 22.0. The van der Waals surface area contributed by atoms with E-state index in [2.05, 4.69) is 16.4 Å². The van der Waals surface area contributed by atoms with Gasteiger partial charge in [-0.2, -0.15) is 5.26 Å². The van der Waals surface area contributed by atoms with E-state index in [1.54, 1.807) is 0 Å². The summed E-state index contributed by atoms with van der Waals surface area (Å²) in [5.41, 5.74) is 2.09. The van der Waals surface area contributed by atoms with Crippen molar-refractivity contribution in [2.45, 2.75) is 18.9 Å². The zero-order valence-electron chi connectivity index (χ0n) is 8.61. The highest BCUT2D eigenvalue weighted by Gasteiger charge is 2.19. The zero-order valence-corrected chi connectivity index (χ0v) is 8.61. The molecular formula is C9H16N4O2. The molecule has 0 saturated carbocycles. The van der Waals surface area contributed by atoms with Gasteiger partial charge in [0.2, 0.25) is 5.91 Å². The van der Waals surface area contributed by atoms with Gasteiger partial charge in [-0.25, -0.2) is 5.84 Å². The van der Waals surface area contributed by atoms with Gasteiger partial charge in [0.05, 0.1) is 12.7 Å². The first-order valence-corrected chi connectivity index (χ1v) is 4.99. The van der Waals surface area contributed by atoms with E-state index in [0.717, 1.165) is 19.5 Å². The van der Waals surface area contributed by atoms with Crippen LogP contribution in [0.3, 0.4) is 0 Å². The third kappa shape index (κ3) is 4.25. The number of morpholine rings is 1. The SMILES string of the molecule is N#CC1CN(CCCC(=O)NN)CCO1. The molecule has 0 aliphatic carbocycles. The van der Waals surface area contributed by atoms with Crippen LogP contribution in [0, 0.1) is 11.3 Å². The molecule has 3 N–H and O–H groups in total. The maximum Gasteiger partial charge on any atom is 0.233 e. The minimum atomic E-state index is -0.331. The van der Waals surface area contributed by atoms with Crippen LogP contribution < -0.4 is 11.3 Å². The molecular weight excluding hydrogens is 196 g/mol. The average molecular weight is 212 g/mol. The van der Waals surface area contributed by atoms with Crippen molar-refractivity contribution >= 4 is 5.91 Å². The minimum absolute atomic E-state index is 0.153. The molecule has 0 spiro atoms. The van der Waals surface area contributed by atoms with Crippen molar-refractivity contribution in [2.24, 2.45) is 5.84 Å². The third-order valence-electron chi connectivity index (χ3n) is 2.33. The monoisotopic (exact) mass is 212 g/mol. The molecule has 6 heteroatoms. The van der Waals surface area contributed by atoms with Crippen LogP contribution in [0.4, 0.5) is 0 Å². The Bertz CT molecular complexity index is 251. The minimum Gasteiger partial charge on any atom is -0.361 e. The fourth-order valence-electron chi connectivity index (χ4n) is 1.52. The van der Waals surface area contributed by atoms with E-state index in [9.17, 15) is 4.79 Å². The van der Waals surface area contributed by atoms with E-state index in [0.29, 0.717) is 19.6 Å². The molecule has 15 heavy (non-hydrogen) atoms. The smallest absolute Gasteiger partial charge is 0.233 e. The Hall–Kier alpha value is -1.16. The molecule has 0 aromatic heterocycles. The summed E-state index contributed by atoms with van der Waals surface area (Å²) in [5.74, 6) is 4.81. The fourth-order valence-corrected chi connectivity index (χ4v) is 1.52. The van der Waals surface area contributed by atoms with E-state index in [1.807, 2.05) is 0 Å². The molecule has 1 saturated heterocycles. The maximum absolute atomic E-state index is 10.8. The number of hydrogen-bond donors (Lipinski definition) is 2. The highest BCUT2D eigenvalue weighted by molar-refractivity contribution is 5.75. The van der Waals surface area contributed by atoms with Crippen molar-refractivity contribution in [3.05, 3.63) is 0 Å². The number of hydrazine groups is 1. The number of nitrogens with zero attached hydrogens (tertiary/aromatic N) is 2. The number of nitrogens with two attached hydrogens (primary N) is 1. The first-order chi connectivity index (χ1) is 7.26. The molecule has 1 rings (SSSR count). The van der Waals surface area contributed by atoms with E-state index >= 15 is 0 Å². The highest BCUT2D eigenvalue weighted by atomic mass is 16.5. The molecule has 0 radical (unpaired) electrons. The van der Waals surface area contributed by atoms with Crippen LogP contribution in [0.5, 0.6) is 0 Å². The van der Waals surface area contributed by atoms with Gasteiger partial charge < -0.3 is 4.74 Å². The topological polar surface area (TPSA) is 91.4 Å². The van der Waals surface area contributed by atoms with E-state index in [4.69, 9.17) is 15.8 Å². The Balaban J connectivity index is 2.16. The lowest BCUT2D eigenvalue weighted by atomic mass is 10.2. The summed E-state index contributed by atoms with van der Waals surface area (Å²) in [5, 5.41) is 8.68. The Kier molecular flexibility index (Phi) is 5.04. The molecule has 6 nitrogen and oxygen atoms in total. The van der Waals surface area contributed by atoms with Gasteiger partial charge in [-0.3, -0.25) is 15.1 Å². The summed E-state index contributed by atoms with van der Waals surface area (Å²) in [7, 11) is 0. The number of nitriles is 1. The summed E-state index contributed by atoms with van der Waals surface area (Å²) in [6, 6.07) is 2.08. The number of ether oxygens (including phenoxy) is 1. The van der Waals surface area contributed by atoms with Crippen molar-refractivity contribution in [1.82, 2.24) is 10.3 Å². The fraction of sp³-hybridized carbons (Fsp3) is 0.778. The van der Waals surface area contributed by atoms with Crippen LogP contribution in [-0.2, 0) is 9.53 Å². The van der Waals surface area contributed by atoms with Crippen molar-refractivity contribution in [2.75, 3.05) is 26.2 Å². The van der Waals surface area contributed by atoms with Gasteiger partial charge in [-0.1, -0.05) is 0 Å². The van der Waals surface area contributed by atoms with Crippen molar-refractivity contribution in [3.8, 4) is 6.07 Å². The number of carbonyl (C=O) groups is 1. The van der Waals surface area contributed by atoms with Crippen LogP contribution in [-0.4, -0.2) is 43.2 Å². The van der Waals surface area contributed by atoms with Crippen LogP contribution in [0.15, 0.2) is 0 Å². The summed E-state index contributed by atoms with van der Waals surface area (Å²) >= 11 is 0. The van der Waals surface area contributed by atoms with Gasteiger partial charge in [0.1, 0.15) is 0 Å². The van der Waals surface area contributed by atoms with Gasteiger partial charge >= 0.3 is 0 Å². The lowest BCUT2D eigenvalue weighted by Crippen LogP contribution is -2.42. The standard InChI is InChI=1S/C9H16N4O2/c10-6-8-7-13(4-5-15-8)3-1-2-9(14)12-11/h8H,1-5,7,11H2,(H,12,14). The molecule has 1 aliphatic rings. The zero-order chi connectivity index (χ0) is 11.1. The second kappa shape index (κ2) is 6.35. The van der Waals surface area contributed by atoms with Crippen LogP contribution in [0.25, 0.3) is 0 Å². The van der Waals surface area contributed by atoms with Gasteiger partial charge in [-0.05, 0) is 13.0 Å². The summed E-state index contributed by atoms with van der Waals surface area (Å²) in [6.45, 7) is 2.83. The van der Waals surface area contributed by atoms with Crippen molar-refractivity contribution in [1.29, 1.82) is 5.26 Å². The first-order valence-electron chi connectivity index (χ1n) is 4.99. The number of carbonyl (C=O) groups excluding carboxylic acids is 1.